The summed E-state index contributed by atoms with van der Waals surface area (Å²) in [5, 5.41) is 12.3. The van der Waals surface area contributed by atoms with Crippen molar-refractivity contribution < 1.29 is 13.7 Å². The molecule has 7 nitrogen and oxygen atoms in total. The lowest BCUT2D eigenvalue weighted by Crippen LogP contribution is -2.04. The molecular weight excluding hydrogens is 393 g/mol. The van der Waals surface area contributed by atoms with Crippen LogP contribution in [0.4, 0.5) is 10.2 Å². The van der Waals surface area contributed by atoms with E-state index in [0.29, 0.717) is 34.0 Å². The number of fused-ring (bicyclic) bond motifs is 1. The Morgan fingerprint density at radius 3 is 2.90 bits per heavy atom. The van der Waals surface area contributed by atoms with Gasteiger partial charge in [0.25, 0.3) is 0 Å². The first-order chi connectivity index (χ1) is 14.2. The van der Waals surface area contributed by atoms with Crippen LogP contribution in [0.2, 0.25) is 0 Å². The fraction of sp³-hybridized carbons (Fsp3) is 0.200. The number of methoxy groups -OCH3 is 1. The Morgan fingerprint density at radius 2 is 2.10 bits per heavy atom. The Bertz CT molecular complexity index is 1130. The Labute approximate surface area is 171 Å². The van der Waals surface area contributed by atoms with Crippen molar-refractivity contribution in [3.8, 4) is 5.75 Å². The molecule has 0 radical (unpaired) electrons. The molecule has 2 N–H and O–H groups in total. The van der Waals surface area contributed by atoms with Gasteiger partial charge in [0, 0.05) is 18.3 Å². The molecule has 0 aliphatic rings. The number of ether oxygens (including phenoxy) is 1. The van der Waals surface area contributed by atoms with E-state index in [0.717, 1.165) is 29.6 Å². The van der Waals surface area contributed by atoms with Crippen LogP contribution in [-0.4, -0.2) is 29.1 Å². The Kier molecular flexibility index (Phi) is 5.68. The second-order valence-electron chi connectivity index (χ2n) is 6.41. The number of benzene rings is 2. The van der Waals surface area contributed by atoms with E-state index in [4.69, 9.17) is 9.26 Å². The van der Waals surface area contributed by atoms with Crippen LogP contribution in [0.25, 0.3) is 11.0 Å². The molecule has 9 heteroatoms. The van der Waals surface area contributed by atoms with Crippen LogP contribution in [-0.2, 0) is 13.1 Å². The van der Waals surface area contributed by atoms with Crippen molar-refractivity contribution >= 4 is 28.7 Å². The highest BCUT2D eigenvalue weighted by molar-refractivity contribution is 8.00. The van der Waals surface area contributed by atoms with E-state index >= 15 is 0 Å². The monoisotopic (exact) mass is 413 g/mol. The third-order valence-electron chi connectivity index (χ3n) is 4.32. The zero-order valence-corrected chi connectivity index (χ0v) is 16.8. The first-order valence-electron chi connectivity index (χ1n) is 8.97. The average Bonchev–Trinajstić information content (AvgIpc) is 3.34. The van der Waals surface area contributed by atoms with Gasteiger partial charge < -0.3 is 19.3 Å². The van der Waals surface area contributed by atoms with Gasteiger partial charge in [-0.25, -0.2) is 4.39 Å². The van der Waals surface area contributed by atoms with E-state index in [-0.39, 0.29) is 5.82 Å². The first-order valence-corrected chi connectivity index (χ1v) is 9.79. The van der Waals surface area contributed by atoms with Crippen molar-refractivity contribution in [1.29, 1.82) is 0 Å². The number of anilines is 1. The first kappa shape index (κ1) is 19.3. The van der Waals surface area contributed by atoms with Gasteiger partial charge in [0.15, 0.2) is 11.4 Å². The Balaban J connectivity index is 1.58. The van der Waals surface area contributed by atoms with Crippen LogP contribution in [0.5, 0.6) is 5.75 Å². The lowest BCUT2D eigenvalue weighted by molar-refractivity contribution is 0.418. The minimum Gasteiger partial charge on any atom is -0.496 e. The van der Waals surface area contributed by atoms with Gasteiger partial charge in [-0.2, -0.15) is 5.10 Å². The minimum absolute atomic E-state index is 0.302. The fourth-order valence-corrected chi connectivity index (χ4v) is 3.68. The number of nitrogens with zero attached hydrogens (tertiary/aromatic N) is 3. The zero-order chi connectivity index (χ0) is 20.2. The zero-order valence-electron chi connectivity index (χ0n) is 16.0. The molecule has 0 unspecified atom stereocenters. The van der Waals surface area contributed by atoms with Crippen molar-refractivity contribution in [3.05, 3.63) is 65.7 Å². The molecule has 0 fully saturated rings. The van der Waals surface area contributed by atoms with E-state index in [1.54, 1.807) is 25.3 Å². The Morgan fingerprint density at radius 1 is 1.24 bits per heavy atom. The third-order valence-corrected chi connectivity index (χ3v) is 5.17. The van der Waals surface area contributed by atoms with Crippen LogP contribution in [0.15, 0.2) is 58.2 Å². The molecule has 4 aromatic rings. The predicted octanol–water partition coefficient (Wildman–Crippen LogP) is 4.06. The van der Waals surface area contributed by atoms with E-state index < -0.39 is 0 Å². The highest BCUT2D eigenvalue weighted by Gasteiger charge is 2.16. The number of hydrogen-bond acceptors (Lipinski definition) is 7. The second-order valence-corrected chi connectivity index (χ2v) is 7.26. The van der Waals surface area contributed by atoms with Crippen molar-refractivity contribution in [3.63, 3.8) is 0 Å². The van der Waals surface area contributed by atoms with Gasteiger partial charge in [-0.15, -0.1) is 0 Å². The van der Waals surface area contributed by atoms with E-state index in [1.807, 2.05) is 36.3 Å². The van der Waals surface area contributed by atoms with Crippen molar-refractivity contribution in [2.45, 2.75) is 18.0 Å². The maximum Gasteiger partial charge on any atom is 0.191 e. The van der Waals surface area contributed by atoms with Gasteiger partial charge in [-0.1, -0.05) is 17.3 Å². The lowest BCUT2D eigenvalue weighted by atomic mass is 10.1. The van der Waals surface area contributed by atoms with Crippen LogP contribution < -0.4 is 14.8 Å². The standard InChI is InChI=1S/C20H20FN5O2S/c1-22-9-14-10-23-26(12-14)11-13-7-16(27-2)19-17(8-13)28-24-20(19)25-29-18-6-4-3-5-15(18)21/h3-8,10,12,22H,9,11H2,1-2H3,(H,24,25). The van der Waals surface area contributed by atoms with Gasteiger partial charge >= 0.3 is 0 Å². The molecule has 0 saturated heterocycles. The normalized spacial score (nSPS) is 11.1. The molecule has 0 atom stereocenters. The summed E-state index contributed by atoms with van der Waals surface area (Å²) < 4.78 is 29.8. The number of rotatable bonds is 8. The molecule has 0 aliphatic heterocycles. The molecule has 0 aliphatic carbocycles. The van der Waals surface area contributed by atoms with Crippen molar-refractivity contribution in [1.82, 2.24) is 20.3 Å². The summed E-state index contributed by atoms with van der Waals surface area (Å²) in [5.74, 6) is 0.800. The number of aromatic nitrogens is 3. The molecule has 2 heterocycles. The lowest BCUT2D eigenvalue weighted by Gasteiger charge is -2.08. The summed E-state index contributed by atoms with van der Waals surface area (Å²) >= 11 is 1.13. The van der Waals surface area contributed by atoms with Crippen LogP contribution in [0.3, 0.4) is 0 Å². The van der Waals surface area contributed by atoms with Crippen molar-refractivity contribution in [2.24, 2.45) is 0 Å². The van der Waals surface area contributed by atoms with Gasteiger partial charge in [-0.3, -0.25) is 4.68 Å². The largest absolute Gasteiger partial charge is 0.496 e. The summed E-state index contributed by atoms with van der Waals surface area (Å²) in [4.78, 5) is 0.468. The quantitative estimate of drug-likeness (QED) is 0.422. The fourth-order valence-electron chi connectivity index (χ4n) is 3.02. The van der Waals surface area contributed by atoms with Gasteiger partial charge in [0.1, 0.15) is 17.0 Å². The topological polar surface area (TPSA) is 77.1 Å². The summed E-state index contributed by atoms with van der Waals surface area (Å²) in [7, 11) is 3.49. The molecule has 29 heavy (non-hydrogen) atoms. The van der Waals surface area contributed by atoms with Crippen LogP contribution in [0.1, 0.15) is 11.1 Å². The molecule has 0 spiro atoms. The summed E-state index contributed by atoms with van der Waals surface area (Å²) in [6.45, 7) is 1.34. The van der Waals surface area contributed by atoms with Crippen LogP contribution in [0, 0.1) is 5.82 Å². The average molecular weight is 413 g/mol. The SMILES string of the molecule is CNCc1cnn(Cc2cc(OC)c3c(NSc4ccccc4F)noc3c2)c1. The van der Waals surface area contributed by atoms with E-state index in [9.17, 15) is 4.39 Å². The number of nitrogens with one attached hydrogen (secondary N) is 2. The molecular formula is C20H20FN5O2S. The third kappa shape index (κ3) is 4.20. The van der Waals surface area contributed by atoms with Gasteiger partial charge in [0.2, 0.25) is 0 Å². The maximum atomic E-state index is 13.8. The van der Waals surface area contributed by atoms with Gasteiger partial charge in [0.05, 0.1) is 24.7 Å². The number of hydrogen-bond donors (Lipinski definition) is 2. The molecule has 0 amide bonds. The molecule has 150 valence electrons. The smallest absolute Gasteiger partial charge is 0.191 e. The number of halogens is 1. The molecule has 2 aromatic carbocycles. The Hall–Kier alpha value is -3.04. The summed E-state index contributed by atoms with van der Waals surface area (Å²) in [6.07, 6.45) is 3.83. The molecule has 0 saturated carbocycles. The maximum absolute atomic E-state index is 13.8. The highest BCUT2D eigenvalue weighted by atomic mass is 32.2. The molecule has 0 bridgehead atoms. The molecule has 2 aromatic heterocycles. The van der Waals surface area contributed by atoms with E-state index in [1.165, 1.54) is 6.07 Å². The van der Waals surface area contributed by atoms with Gasteiger partial charge in [-0.05, 0) is 48.8 Å². The minimum atomic E-state index is -0.302. The second kappa shape index (κ2) is 8.54. The molecule has 4 rings (SSSR count). The summed E-state index contributed by atoms with van der Waals surface area (Å²) in [5.41, 5.74) is 2.66. The summed E-state index contributed by atoms with van der Waals surface area (Å²) in [6, 6.07) is 10.4. The predicted molar refractivity (Wildman–Crippen MR) is 111 cm³/mol. The van der Waals surface area contributed by atoms with Crippen molar-refractivity contribution in [2.75, 3.05) is 18.9 Å². The highest BCUT2D eigenvalue weighted by Crippen LogP contribution is 2.36. The van der Waals surface area contributed by atoms with Crippen LogP contribution >= 0.6 is 11.9 Å². The van der Waals surface area contributed by atoms with E-state index in [2.05, 4.69) is 20.3 Å².